The molecule has 0 aliphatic carbocycles. The molecule has 2 aromatic rings. The predicted octanol–water partition coefficient (Wildman–Crippen LogP) is 3.12. The number of aliphatic hydroxyl groups excluding tert-OH is 1. The van der Waals surface area contributed by atoms with Crippen molar-refractivity contribution in [2.45, 2.75) is 45.1 Å². The fourth-order valence-corrected chi connectivity index (χ4v) is 4.33. The van der Waals surface area contributed by atoms with Crippen LogP contribution in [0.5, 0.6) is 11.5 Å². The van der Waals surface area contributed by atoms with Gasteiger partial charge in [-0.05, 0) is 44.5 Å². The lowest BCUT2D eigenvalue weighted by atomic mass is 9.86. The van der Waals surface area contributed by atoms with E-state index in [4.69, 9.17) is 9.47 Å². The molecule has 0 radical (unpaired) electrons. The van der Waals surface area contributed by atoms with Crippen LogP contribution in [0.2, 0.25) is 0 Å². The van der Waals surface area contributed by atoms with E-state index in [0.717, 1.165) is 5.56 Å². The molecule has 0 saturated heterocycles. The summed E-state index contributed by atoms with van der Waals surface area (Å²) in [4.78, 5) is 0. The number of hydrogen-bond donors (Lipinski definition) is 1. The normalized spacial score (nSPS) is 21.1. The van der Waals surface area contributed by atoms with Gasteiger partial charge in [-0.15, -0.1) is 0 Å². The van der Waals surface area contributed by atoms with Crippen LogP contribution in [0, 0.1) is 0 Å². The van der Waals surface area contributed by atoms with E-state index >= 15 is 0 Å². The first-order valence-corrected chi connectivity index (χ1v) is 10.9. The van der Waals surface area contributed by atoms with Crippen molar-refractivity contribution < 1.29 is 23.0 Å². The monoisotopic (exact) mass is 405 g/mol. The molecule has 1 N–H and O–H groups in total. The van der Waals surface area contributed by atoms with Crippen LogP contribution in [0.25, 0.3) is 0 Å². The van der Waals surface area contributed by atoms with E-state index in [1.54, 1.807) is 39.0 Å². The van der Waals surface area contributed by atoms with Crippen molar-refractivity contribution >= 4 is 10.0 Å². The highest BCUT2D eigenvalue weighted by Gasteiger charge is 2.47. The minimum atomic E-state index is -3.51. The summed E-state index contributed by atoms with van der Waals surface area (Å²) < 4.78 is 38.1. The molecule has 1 heterocycles. The molecule has 2 aromatic carbocycles. The molecule has 0 bridgehead atoms. The molecule has 152 valence electrons. The van der Waals surface area contributed by atoms with Gasteiger partial charge in [0.1, 0.15) is 29.8 Å². The number of rotatable bonds is 6. The van der Waals surface area contributed by atoms with Crippen LogP contribution in [0.1, 0.15) is 37.9 Å². The van der Waals surface area contributed by atoms with E-state index in [9.17, 15) is 13.5 Å². The van der Waals surface area contributed by atoms with Crippen molar-refractivity contribution in [3.63, 3.8) is 0 Å². The first-order valence-electron chi connectivity index (χ1n) is 9.29. The van der Waals surface area contributed by atoms with E-state index in [0.29, 0.717) is 23.7 Å². The van der Waals surface area contributed by atoms with Crippen LogP contribution in [0.15, 0.2) is 48.5 Å². The summed E-state index contributed by atoms with van der Waals surface area (Å²) in [6.45, 7) is 5.48. The highest BCUT2D eigenvalue weighted by atomic mass is 32.2. The highest BCUT2D eigenvalue weighted by molar-refractivity contribution is 7.89. The van der Waals surface area contributed by atoms with Gasteiger partial charge in [-0.25, -0.2) is 8.42 Å². The molecule has 0 unspecified atom stereocenters. The van der Waals surface area contributed by atoms with Gasteiger partial charge < -0.3 is 14.6 Å². The molecule has 0 amide bonds. The Balaban J connectivity index is 1.96. The molecular weight excluding hydrogens is 378 g/mol. The number of benzene rings is 2. The SMILES string of the molecule is CCS(=O)(=O)N(C)[C@@H]1c2cc(OCc3ccccc3)ccc2OC(C)(C)[C@H]1O. The van der Waals surface area contributed by atoms with Crippen molar-refractivity contribution in [3.8, 4) is 11.5 Å². The Morgan fingerprint density at radius 1 is 1.18 bits per heavy atom. The van der Waals surface area contributed by atoms with Crippen molar-refractivity contribution in [1.29, 1.82) is 0 Å². The number of fused-ring (bicyclic) bond motifs is 1. The summed E-state index contributed by atoms with van der Waals surface area (Å²) in [5.41, 5.74) is 0.693. The summed E-state index contributed by atoms with van der Waals surface area (Å²) >= 11 is 0. The number of nitrogens with zero attached hydrogens (tertiary/aromatic N) is 1. The fourth-order valence-electron chi connectivity index (χ4n) is 3.35. The third kappa shape index (κ3) is 4.01. The quantitative estimate of drug-likeness (QED) is 0.799. The largest absolute Gasteiger partial charge is 0.489 e. The lowest BCUT2D eigenvalue weighted by molar-refractivity contribution is -0.0764. The summed E-state index contributed by atoms with van der Waals surface area (Å²) in [5, 5.41) is 10.9. The van der Waals surface area contributed by atoms with E-state index in [1.807, 2.05) is 30.3 Å². The lowest BCUT2D eigenvalue weighted by Crippen LogP contribution is -2.54. The molecule has 0 fully saturated rings. The maximum atomic E-state index is 12.5. The molecular formula is C21H27NO5S. The Bertz CT molecular complexity index is 927. The minimum absolute atomic E-state index is 0.0481. The molecule has 0 aromatic heterocycles. The molecule has 28 heavy (non-hydrogen) atoms. The zero-order valence-corrected chi connectivity index (χ0v) is 17.4. The van der Waals surface area contributed by atoms with Gasteiger partial charge in [-0.2, -0.15) is 4.31 Å². The Labute approximate surface area is 166 Å². The van der Waals surface area contributed by atoms with E-state index < -0.39 is 27.8 Å². The first kappa shape index (κ1) is 20.6. The number of ether oxygens (including phenoxy) is 2. The molecule has 0 spiro atoms. The summed E-state index contributed by atoms with van der Waals surface area (Å²) in [7, 11) is -2.02. The zero-order valence-electron chi connectivity index (χ0n) is 16.6. The Kier molecular flexibility index (Phi) is 5.70. The van der Waals surface area contributed by atoms with Crippen LogP contribution in [-0.4, -0.2) is 42.3 Å². The van der Waals surface area contributed by atoms with Crippen LogP contribution in [0.4, 0.5) is 0 Å². The number of sulfonamides is 1. The van der Waals surface area contributed by atoms with Gasteiger partial charge in [-0.3, -0.25) is 0 Å². The van der Waals surface area contributed by atoms with Crippen molar-refractivity contribution in [2.75, 3.05) is 12.8 Å². The Morgan fingerprint density at radius 3 is 2.50 bits per heavy atom. The second-order valence-corrected chi connectivity index (χ2v) is 9.80. The standard InChI is InChI=1S/C21H27NO5S/c1-5-28(24,25)22(4)19-17-13-16(26-14-15-9-7-6-8-10-15)11-12-18(17)27-21(2,3)20(19)23/h6-13,19-20,23H,5,14H2,1-4H3/t19-,20+/m1/s1. The van der Waals surface area contributed by atoms with Gasteiger partial charge in [0.05, 0.1) is 11.8 Å². The Hall–Kier alpha value is -2.09. The van der Waals surface area contributed by atoms with Crippen molar-refractivity contribution in [2.24, 2.45) is 0 Å². The number of aliphatic hydroxyl groups is 1. The second kappa shape index (κ2) is 7.73. The fraction of sp³-hybridized carbons (Fsp3) is 0.429. The molecule has 1 aliphatic heterocycles. The average molecular weight is 406 g/mol. The van der Waals surface area contributed by atoms with Gasteiger partial charge in [0.2, 0.25) is 10.0 Å². The number of likely N-dealkylation sites (N-methyl/N-ethyl adjacent to an activating group) is 1. The summed E-state index contributed by atoms with van der Waals surface area (Å²) in [6.07, 6.45) is -1.03. The second-order valence-electron chi connectivity index (χ2n) is 7.49. The average Bonchev–Trinajstić information content (AvgIpc) is 2.67. The van der Waals surface area contributed by atoms with Gasteiger partial charge in [-0.1, -0.05) is 30.3 Å². The van der Waals surface area contributed by atoms with Crippen LogP contribution < -0.4 is 9.47 Å². The molecule has 6 nitrogen and oxygen atoms in total. The highest BCUT2D eigenvalue weighted by Crippen LogP contribution is 2.44. The van der Waals surface area contributed by atoms with Crippen LogP contribution in [-0.2, 0) is 16.6 Å². The van der Waals surface area contributed by atoms with E-state index in [1.165, 1.54) is 11.4 Å². The maximum Gasteiger partial charge on any atom is 0.214 e. The van der Waals surface area contributed by atoms with Crippen molar-refractivity contribution in [1.82, 2.24) is 4.31 Å². The Morgan fingerprint density at radius 2 is 1.86 bits per heavy atom. The third-order valence-electron chi connectivity index (χ3n) is 5.13. The van der Waals surface area contributed by atoms with Gasteiger partial charge in [0.25, 0.3) is 0 Å². The third-order valence-corrected chi connectivity index (χ3v) is 6.96. The molecule has 7 heteroatoms. The summed E-state index contributed by atoms with van der Waals surface area (Å²) in [5.74, 6) is 1.09. The predicted molar refractivity (Wildman–Crippen MR) is 108 cm³/mol. The maximum absolute atomic E-state index is 12.5. The van der Waals surface area contributed by atoms with Crippen molar-refractivity contribution in [3.05, 3.63) is 59.7 Å². The first-order chi connectivity index (χ1) is 13.2. The van der Waals surface area contributed by atoms with E-state index in [-0.39, 0.29) is 5.75 Å². The zero-order chi connectivity index (χ0) is 20.5. The van der Waals surface area contributed by atoms with Gasteiger partial charge in [0.15, 0.2) is 0 Å². The lowest BCUT2D eigenvalue weighted by Gasteiger charge is -2.44. The van der Waals surface area contributed by atoms with E-state index in [2.05, 4.69) is 0 Å². The molecule has 1 aliphatic rings. The van der Waals surface area contributed by atoms with Crippen LogP contribution >= 0.6 is 0 Å². The van der Waals surface area contributed by atoms with Gasteiger partial charge >= 0.3 is 0 Å². The topological polar surface area (TPSA) is 76.1 Å². The molecule has 2 atom stereocenters. The molecule has 0 saturated carbocycles. The minimum Gasteiger partial charge on any atom is -0.489 e. The van der Waals surface area contributed by atoms with Gasteiger partial charge in [0, 0.05) is 12.6 Å². The smallest absolute Gasteiger partial charge is 0.214 e. The van der Waals surface area contributed by atoms with Crippen LogP contribution in [0.3, 0.4) is 0 Å². The number of hydrogen-bond acceptors (Lipinski definition) is 5. The molecule has 3 rings (SSSR count). The summed E-state index contributed by atoms with van der Waals surface area (Å²) in [6, 6.07) is 14.3.